The highest BCUT2D eigenvalue weighted by molar-refractivity contribution is 7.26. The van der Waals surface area contributed by atoms with E-state index in [1.165, 1.54) is 58.8 Å². The van der Waals surface area contributed by atoms with Crippen molar-refractivity contribution in [3.05, 3.63) is 127 Å². The van der Waals surface area contributed by atoms with E-state index in [0.29, 0.717) is 0 Å². The molecule has 3 heteroatoms. The van der Waals surface area contributed by atoms with Crippen LogP contribution in [0.2, 0.25) is 0 Å². The van der Waals surface area contributed by atoms with Crippen LogP contribution in [-0.4, -0.2) is 4.57 Å². The van der Waals surface area contributed by atoms with E-state index in [1.54, 1.807) is 0 Å². The molecule has 0 spiro atoms. The molecule has 0 amide bonds. The molecule has 0 unspecified atom stereocenters. The zero-order valence-corrected chi connectivity index (χ0v) is 21.7. The van der Waals surface area contributed by atoms with Gasteiger partial charge in [0.15, 0.2) is 0 Å². The highest BCUT2D eigenvalue weighted by atomic mass is 32.1. The largest absolute Gasteiger partial charge is 0.456 e. The molecule has 0 N–H and O–H groups in total. The molecule has 0 fully saturated rings. The summed E-state index contributed by atoms with van der Waals surface area (Å²) in [5.41, 5.74) is 8.01. The van der Waals surface area contributed by atoms with Crippen molar-refractivity contribution in [2.45, 2.75) is 0 Å². The van der Waals surface area contributed by atoms with Crippen LogP contribution in [0.5, 0.6) is 0 Å². The van der Waals surface area contributed by atoms with E-state index < -0.39 is 0 Å². The fraction of sp³-hybridized carbons (Fsp3) is 0. The van der Waals surface area contributed by atoms with Crippen molar-refractivity contribution in [1.29, 1.82) is 0 Å². The maximum atomic E-state index is 6.09. The van der Waals surface area contributed by atoms with Gasteiger partial charge in [0.1, 0.15) is 11.2 Å². The fourth-order valence-corrected chi connectivity index (χ4v) is 7.52. The van der Waals surface area contributed by atoms with Crippen LogP contribution in [0.3, 0.4) is 0 Å². The van der Waals surface area contributed by atoms with Gasteiger partial charge in [-0.1, -0.05) is 84.9 Å². The summed E-state index contributed by atoms with van der Waals surface area (Å²) in [6.45, 7) is 0. The molecule has 9 rings (SSSR count). The van der Waals surface area contributed by atoms with Gasteiger partial charge >= 0.3 is 0 Å². The molecule has 39 heavy (non-hydrogen) atoms. The maximum absolute atomic E-state index is 6.09. The first kappa shape index (κ1) is 21.1. The molecule has 0 aliphatic carbocycles. The molecule has 3 heterocycles. The number of nitrogens with zero attached hydrogens (tertiary/aromatic N) is 1. The van der Waals surface area contributed by atoms with Crippen molar-refractivity contribution in [3.8, 4) is 16.8 Å². The number of hydrogen-bond acceptors (Lipinski definition) is 2. The number of benzene rings is 6. The second-order valence-electron chi connectivity index (χ2n) is 10.1. The third-order valence-electron chi connectivity index (χ3n) is 8.01. The molecule has 9 aromatic rings. The molecule has 2 nitrogen and oxygen atoms in total. The quantitative estimate of drug-likeness (QED) is 0.224. The SMILES string of the molecule is c1ccc2c(c1)oc1ccc(-c3cccc4c3sc3cc(-n5c6ccccc6c6ccccc65)ccc34)cc12. The predicted octanol–water partition coefficient (Wildman–Crippen LogP) is 10.7. The average Bonchev–Trinajstić information content (AvgIpc) is 3.66. The lowest BCUT2D eigenvalue weighted by molar-refractivity contribution is 0.669. The van der Waals surface area contributed by atoms with Crippen molar-refractivity contribution in [2.75, 3.05) is 0 Å². The Kier molecular flexibility index (Phi) is 4.24. The summed E-state index contributed by atoms with van der Waals surface area (Å²) in [4.78, 5) is 0. The van der Waals surface area contributed by atoms with Gasteiger partial charge in [-0.05, 0) is 53.6 Å². The minimum atomic E-state index is 0.930. The lowest BCUT2D eigenvalue weighted by Crippen LogP contribution is -1.92. The Morgan fingerprint density at radius 1 is 0.487 bits per heavy atom. The molecule has 0 bridgehead atoms. The summed E-state index contributed by atoms with van der Waals surface area (Å²) in [6, 6.07) is 45.8. The van der Waals surface area contributed by atoms with Gasteiger partial charge in [-0.3, -0.25) is 0 Å². The van der Waals surface area contributed by atoms with Gasteiger partial charge in [-0.2, -0.15) is 0 Å². The Morgan fingerprint density at radius 2 is 1.18 bits per heavy atom. The van der Waals surface area contributed by atoms with E-state index >= 15 is 0 Å². The van der Waals surface area contributed by atoms with Crippen LogP contribution in [0.4, 0.5) is 0 Å². The molecule has 0 aliphatic heterocycles. The van der Waals surface area contributed by atoms with E-state index in [2.05, 4.69) is 120 Å². The Balaban J connectivity index is 1.27. The third-order valence-corrected chi connectivity index (χ3v) is 9.21. The van der Waals surface area contributed by atoms with Gasteiger partial charge < -0.3 is 8.98 Å². The molecule has 0 radical (unpaired) electrons. The Labute approximate surface area is 227 Å². The van der Waals surface area contributed by atoms with E-state index in [4.69, 9.17) is 4.42 Å². The molecule has 0 saturated heterocycles. The van der Waals surface area contributed by atoms with Gasteiger partial charge in [0.25, 0.3) is 0 Å². The number of rotatable bonds is 2. The van der Waals surface area contributed by atoms with E-state index in [9.17, 15) is 0 Å². The summed E-state index contributed by atoms with van der Waals surface area (Å²) in [7, 11) is 0. The van der Waals surface area contributed by atoms with Crippen LogP contribution in [-0.2, 0) is 0 Å². The molecule has 6 aromatic carbocycles. The highest BCUT2D eigenvalue weighted by Crippen LogP contribution is 2.42. The lowest BCUT2D eigenvalue weighted by Gasteiger charge is -2.08. The minimum Gasteiger partial charge on any atom is -0.456 e. The number of hydrogen-bond donors (Lipinski definition) is 0. The minimum absolute atomic E-state index is 0.930. The maximum Gasteiger partial charge on any atom is 0.135 e. The van der Waals surface area contributed by atoms with E-state index in [-0.39, 0.29) is 0 Å². The third kappa shape index (κ3) is 2.96. The predicted molar refractivity (Wildman–Crippen MR) is 166 cm³/mol. The van der Waals surface area contributed by atoms with E-state index in [1.807, 2.05) is 23.5 Å². The molecular weight excluding hydrogens is 494 g/mol. The smallest absolute Gasteiger partial charge is 0.135 e. The van der Waals surface area contributed by atoms with Crippen molar-refractivity contribution in [2.24, 2.45) is 0 Å². The fourth-order valence-electron chi connectivity index (χ4n) is 6.25. The van der Waals surface area contributed by atoms with Crippen molar-refractivity contribution in [1.82, 2.24) is 4.57 Å². The summed E-state index contributed by atoms with van der Waals surface area (Å²) in [6.07, 6.45) is 0. The summed E-state index contributed by atoms with van der Waals surface area (Å²) in [5.74, 6) is 0. The first-order chi connectivity index (χ1) is 19.3. The topological polar surface area (TPSA) is 18.1 Å². The normalized spacial score (nSPS) is 12.1. The first-order valence-electron chi connectivity index (χ1n) is 13.2. The van der Waals surface area contributed by atoms with Gasteiger partial charge in [0.05, 0.1) is 11.0 Å². The molecule has 3 aromatic heterocycles. The molecule has 0 saturated carbocycles. The van der Waals surface area contributed by atoms with Gasteiger partial charge in [-0.15, -0.1) is 11.3 Å². The zero-order chi connectivity index (χ0) is 25.5. The Hall–Kier alpha value is -4.86. The Bertz CT molecular complexity index is 2350. The van der Waals surface area contributed by atoms with Crippen molar-refractivity contribution < 1.29 is 4.42 Å². The first-order valence-corrected chi connectivity index (χ1v) is 14.0. The van der Waals surface area contributed by atoms with Gasteiger partial charge in [0.2, 0.25) is 0 Å². The monoisotopic (exact) mass is 515 g/mol. The van der Waals surface area contributed by atoms with Gasteiger partial charge in [0, 0.05) is 47.4 Å². The lowest BCUT2D eigenvalue weighted by atomic mass is 10.0. The van der Waals surface area contributed by atoms with Crippen LogP contribution < -0.4 is 0 Å². The van der Waals surface area contributed by atoms with Crippen LogP contribution in [0.25, 0.3) is 80.7 Å². The zero-order valence-electron chi connectivity index (χ0n) is 20.9. The number of thiophene rings is 1. The Morgan fingerprint density at radius 3 is 2.00 bits per heavy atom. The highest BCUT2D eigenvalue weighted by Gasteiger charge is 2.15. The standard InChI is InChI=1S/C36H21NOS/c1-4-13-31-25(8-1)26-9-2-5-14-32(26)37(31)23-17-18-28-29-12-7-11-24(36(29)39-35(28)21-23)22-16-19-34-30(20-22)27-10-3-6-15-33(27)38-34/h1-21H. The number of aromatic nitrogens is 1. The second-order valence-corrected chi connectivity index (χ2v) is 11.2. The molecule has 0 aliphatic rings. The summed E-state index contributed by atoms with van der Waals surface area (Å²) >= 11 is 1.88. The van der Waals surface area contributed by atoms with Crippen molar-refractivity contribution >= 4 is 75.3 Å². The summed E-state index contributed by atoms with van der Waals surface area (Å²) in [5, 5.41) is 7.50. The van der Waals surface area contributed by atoms with Crippen molar-refractivity contribution in [3.63, 3.8) is 0 Å². The van der Waals surface area contributed by atoms with Crippen LogP contribution in [0, 0.1) is 0 Å². The molecular formula is C36H21NOS. The van der Waals surface area contributed by atoms with E-state index in [0.717, 1.165) is 21.9 Å². The van der Waals surface area contributed by atoms with Gasteiger partial charge in [-0.25, -0.2) is 0 Å². The summed E-state index contributed by atoms with van der Waals surface area (Å²) < 4.78 is 11.1. The van der Waals surface area contributed by atoms with Crippen LogP contribution in [0.1, 0.15) is 0 Å². The van der Waals surface area contributed by atoms with Crippen LogP contribution in [0.15, 0.2) is 132 Å². The van der Waals surface area contributed by atoms with Crippen LogP contribution >= 0.6 is 11.3 Å². The molecule has 182 valence electrons. The number of furan rings is 1. The number of para-hydroxylation sites is 3. The molecule has 0 atom stereocenters. The second kappa shape index (κ2) is 7.83. The average molecular weight is 516 g/mol. The number of fused-ring (bicyclic) bond motifs is 9.